The third kappa shape index (κ3) is 5.73. The predicted molar refractivity (Wildman–Crippen MR) is 173 cm³/mol. The van der Waals surface area contributed by atoms with Gasteiger partial charge in [0, 0.05) is 11.1 Å². The smallest absolute Gasteiger partial charge is 0.261 e. The Morgan fingerprint density at radius 3 is 1.79 bits per heavy atom. The molecule has 4 bridgehead atoms. The molecule has 4 aromatic carbocycles. The summed E-state index contributed by atoms with van der Waals surface area (Å²) in [5, 5.41) is 0. The van der Waals surface area contributed by atoms with Crippen molar-refractivity contribution >= 4 is 5.78 Å². The standard InChI is InChI=1S/C40H44O3/c1-28-25-42-40(35-14-10-7-11-15-35,37(41)31-12-8-6-9-13-31)43-26-32-24-29-16-20-33(21-17-29)38(2,3)27-39(4,5)34-22-18-30(19-23-34)36(28)32/h6-23,28,32,36H,24-27H2,1-5H3. The summed E-state index contributed by atoms with van der Waals surface area (Å²) in [5.41, 5.74) is 6.69. The van der Waals surface area contributed by atoms with Crippen molar-refractivity contribution < 1.29 is 14.3 Å². The number of carbonyl (C=O) groups is 1. The Kier molecular flexibility index (Phi) is 7.91. The van der Waals surface area contributed by atoms with E-state index < -0.39 is 5.79 Å². The molecule has 3 nitrogen and oxygen atoms in total. The van der Waals surface area contributed by atoms with Crippen molar-refractivity contribution in [3.63, 3.8) is 0 Å². The number of hydrogen-bond acceptors (Lipinski definition) is 3. The first-order chi connectivity index (χ1) is 20.6. The summed E-state index contributed by atoms with van der Waals surface area (Å²) in [4.78, 5) is 14.3. The highest BCUT2D eigenvalue weighted by molar-refractivity contribution is 6.02. The van der Waals surface area contributed by atoms with Crippen LogP contribution in [-0.4, -0.2) is 19.0 Å². The lowest BCUT2D eigenvalue weighted by Crippen LogP contribution is -2.47. The van der Waals surface area contributed by atoms with Gasteiger partial charge < -0.3 is 9.47 Å². The Morgan fingerprint density at radius 2 is 1.19 bits per heavy atom. The Labute approximate surface area is 257 Å². The molecule has 1 saturated heterocycles. The van der Waals surface area contributed by atoms with Crippen LogP contribution in [0.3, 0.4) is 0 Å². The molecule has 4 aromatic rings. The molecular weight excluding hydrogens is 528 g/mol. The van der Waals surface area contributed by atoms with Gasteiger partial charge in [-0.25, -0.2) is 0 Å². The number of benzene rings is 4. The molecule has 4 aliphatic carbocycles. The number of carbonyl (C=O) groups excluding carboxylic acids is 1. The van der Waals surface area contributed by atoms with E-state index in [2.05, 4.69) is 83.1 Å². The first kappa shape index (κ1) is 29.5. The van der Waals surface area contributed by atoms with Crippen molar-refractivity contribution in [3.05, 3.63) is 143 Å². The first-order valence-electron chi connectivity index (χ1n) is 15.7. The molecule has 5 aliphatic rings. The molecule has 0 saturated carbocycles. The van der Waals surface area contributed by atoms with Crippen molar-refractivity contribution in [3.8, 4) is 0 Å². The van der Waals surface area contributed by atoms with Crippen LogP contribution >= 0.6 is 0 Å². The minimum atomic E-state index is -1.51. The lowest BCUT2D eigenvalue weighted by molar-refractivity contribution is -0.234. The zero-order valence-corrected chi connectivity index (χ0v) is 26.2. The van der Waals surface area contributed by atoms with Gasteiger partial charge in [-0.05, 0) is 63.7 Å². The monoisotopic (exact) mass is 572 g/mol. The van der Waals surface area contributed by atoms with Gasteiger partial charge in [0.05, 0.1) is 13.2 Å². The van der Waals surface area contributed by atoms with Gasteiger partial charge in [0.25, 0.3) is 5.79 Å². The van der Waals surface area contributed by atoms with Gasteiger partial charge in [0.2, 0.25) is 5.78 Å². The number of ether oxygens (including phenoxy) is 2. The number of hydrogen-bond donors (Lipinski definition) is 0. The molecule has 0 radical (unpaired) electrons. The maximum atomic E-state index is 14.3. The van der Waals surface area contributed by atoms with Crippen LogP contribution in [0.25, 0.3) is 0 Å². The third-order valence-electron chi connectivity index (χ3n) is 9.85. The SMILES string of the molecule is CC1COC(C(=O)c2ccccc2)(c2ccccc2)OCC2Cc3ccc(cc3)C(C)(C)CC(C)(C)c3ccc(cc3)C12. The van der Waals surface area contributed by atoms with Crippen molar-refractivity contribution in [1.82, 2.24) is 0 Å². The predicted octanol–water partition coefficient (Wildman–Crippen LogP) is 9.01. The van der Waals surface area contributed by atoms with E-state index in [1.54, 1.807) is 0 Å². The molecule has 1 heterocycles. The highest BCUT2D eigenvalue weighted by atomic mass is 16.7. The van der Waals surface area contributed by atoms with Crippen molar-refractivity contribution in [2.45, 2.75) is 70.0 Å². The Morgan fingerprint density at radius 1 is 0.651 bits per heavy atom. The lowest BCUT2D eigenvalue weighted by atomic mass is 9.67. The fraction of sp³-hybridized carbons (Fsp3) is 0.375. The Hall–Kier alpha value is -3.53. The van der Waals surface area contributed by atoms with Gasteiger partial charge in [0.1, 0.15) is 0 Å². The van der Waals surface area contributed by atoms with E-state index in [9.17, 15) is 4.79 Å². The molecule has 1 aliphatic heterocycles. The number of ketones is 1. The van der Waals surface area contributed by atoms with Crippen LogP contribution in [0, 0.1) is 11.8 Å². The summed E-state index contributed by atoms with van der Waals surface area (Å²) >= 11 is 0. The molecule has 0 N–H and O–H groups in total. The highest BCUT2D eigenvalue weighted by Gasteiger charge is 2.47. The van der Waals surface area contributed by atoms with E-state index in [0.29, 0.717) is 18.8 Å². The minimum absolute atomic E-state index is 0.0239. The highest BCUT2D eigenvalue weighted by Crippen LogP contribution is 2.44. The largest absolute Gasteiger partial charge is 0.339 e. The van der Waals surface area contributed by atoms with Crippen molar-refractivity contribution in [2.24, 2.45) is 11.8 Å². The van der Waals surface area contributed by atoms with Crippen LogP contribution in [0.5, 0.6) is 0 Å². The van der Waals surface area contributed by atoms with E-state index >= 15 is 0 Å². The molecule has 4 unspecified atom stereocenters. The lowest BCUT2D eigenvalue weighted by Gasteiger charge is -2.42. The Bertz CT molecular complexity index is 1540. The van der Waals surface area contributed by atoms with E-state index in [0.717, 1.165) is 18.4 Å². The van der Waals surface area contributed by atoms with Crippen LogP contribution in [0.1, 0.15) is 85.1 Å². The van der Waals surface area contributed by atoms with Crippen LogP contribution in [0.2, 0.25) is 0 Å². The summed E-state index contributed by atoms with van der Waals surface area (Å²) in [6.07, 6.45) is 1.91. The van der Waals surface area contributed by atoms with E-state index in [1.807, 2.05) is 60.7 Å². The fourth-order valence-electron chi connectivity index (χ4n) is 7.70. The molecule has 0 aromatic heterocycles. The molecule has 9 rings (SSSR count). The minimum Gasteiger partial charge on any atom is -0.339 e. The number of rotatable bonds is 3. The molecule has 43 heavy (non-hydrogen) atoms. The van der Waals surface area contributed by atoms with Crippen LogP contribution in [-0.2, 0) is 32.5 Å². The second kappa shape index (κ2) is 11.5. The van der Waals surface area contributed by atoms with Crippen molar-refractivity contribution in [2.75, 3.05) is 13.2 Å². The van der Waals surface area contributed by atoms with E-state index in [-0.39, 0.29) is 34.4 Å². The van der Waals surface area contributed by atoms with E-state index in [1.165, 1.54) is 22.3 Å². The van der Waals surface area contributed by atoms with Crippen LogP contribution in [0.4, 0.5) is 0 Å². The average Bonchev–Trinajstić information content (AvgIpc) is 3.01. The average molecular weight is 573 g/mol. The molecule has 1 fully saturated rings. The van der Waals surface area contributed by atoms with Gasteiger partial charge in [-0.1, -0.05) is 144 Å². The maximum absolute atomic E-state index is 14.3. The third-order valence-corrected chi connectivity index (χ3v) is 9.85. The quantitative estimate of drug-likeness (QED) is 0.230. The molecule has 222 valence electrons. The maximum Gasteiger partial charge on any atom is 0.261 e. The topological polar surface area (TPSA) is 35.5 Å². The summed E-state index contributed by atoms with van der Waals surface area (Å²) < 4.78 is 13.5. The van der Waals surface area contributed by atoms with Crippen LogP contribution < -0.4 is 0 Å². The van der Waals surface area contributed by atoms with Gasteiger partial charge in [-0.15, -0.1) is 0 Å². The second-order valence-corrected chi connectivity index (χ2v) is 14.0. The first-order valence-corrected chi connectivity index (χ1v) is 15.7. The van der Waals surface area contributed by atoms with Gasteiger partial charge in [0.15, 0.2) is 0 Å². The molecular formula is C40H44O3. The Balaban J connectivity index is 1.45. The van der Waals surface area contributed by atoms with Gasteiger partial charge in [-0.3, -0.25) is 4.79 Å². The van der Waals surface area contributed by atoms with E-state index in [4.69, 9.17) is 9.47 Å². The second-order valence-electron chi connectivity index (χ2n) is 14.0. The zero-order chi connectivity index (χ0) is 30.2. The fourth-order valence-corrected chi connectivity index (χ4v) is 7.70. The normalized spacial score (nSPS) is 26.5. The summed E-state index contributed by atoms with van der Waals surface area (Å²) in [6, 6.07) is 37.7. The molecule has 0 amide bonds. The summed E-state index contributed by atoms with van der Waals surface area (Å²) in [6.45, 7) is 12.5. The zero-order valence-electron chi connectivity index (χ0n) is 26.2. The molecule has 3 heteroatoms. The van der Waals surface area contributed by atoms with Gasteiger partial charge >= 0.3 is 0 Å². The van der Waals surface area contributed by atoms with Crippen molar-refractivity contribution in [1.29, 1.82) is 0 Å². The molecule has 0 spiro atoms. The molecule has 4 atom stereocenters. The summed E-state index contributed by atoms with van der Waals surface area (Å²) in [5.74, 6) is -1.17. The van der Waals surface area contributed by atoms with Crippen LogP contribution in [0.15, 0.2) is 109 Å². The van der Waals surface area contributed by atoms with Gasteiger partial charge in [-0.2, -0.15) is 0 Å². The number of Topliss-reactive ketones (excluding diaryl/α,β-unsaturated/α-hetero) is 1. The summed E-state index contributed by atoms with van der Waals surface area (Å²) in [7, 11) is 0.